The number of hydrogen-bond acceptors (Lipinski definition) is 3. The number of ether oxygens (including phenoxy) is 1. The predicted molar refractivity (Wildman–Crippen MR) is 108 cm³/mol. The number of amides is 3. The molecule has 0 atom stereocenters. The first-order valence-electron chi connectivity index (χ1n) is 9.01. The van der Waals surface area contributed by atoms with E-state index in [9.17, 15) is 9.59 Å². The van der Waals surface area contributed by atoms with E-state index in [-0.39, 0.29) is 24.4 Å². The van der Waals surface area contributed by atoms with Gasteiger partial charge in [-0.1, -0.05) is 17.7 Å². The van der Waals surface area contributed by atoms with Gasteiger partial charge < -0.3 is 20.7 Å². The summed E-state index contributed by atoms with van der Waals surface area (Å²) in [5.74, 6) is 0.668. The van der Waals surface area contributed by atoms with Crippen LogP contribution < -0.4 is 20.7 Å². The lowest BCUT2D eigenvalue weighted by molar-refractivity contribution is -0.116. The van der Waals surface area contributed by atoms with Crippen LogP contribution in [0, 0.1) is 13.8 Å². The maximum Gasteiger partial charge on any atom is 0.319 e. The summed E-state index contributed by atoms with van der Waals surface area (Å²) >= 11 is 0. The van der Waals surface area contributed by atoms with E-state index < -0.39 is 0 Å². The fourth-order valence-corrected chi connectivity index (χ4v) is 2.50. The molecule has 6 nitrogen and oxygen atoms in total. The van der Waals surface area contributed by atoms with E-state index in [1.807, 2.05) is 45.9 Å². The van der Waals surface area contributed by atoms with Gasteiger partial charge in [0.15, 0.2) is 0 Å². The van der Waals surface area contributed by atoms with Gasteiger partial charge in [-0.05, 0) is 63.6 Å². The van der Waals surface area contributed by atoms with Crippen molar-refractivity contribution in [3.8, 4) is 5.75 Å². The molecule has 0 spiro atoms. The Hall–Kier alpha value is -3.02. The third-order valence-corrected chi connectivity index (χ3v) is 3.76. The zero-order valence-electron chi connectivity index (χ0n) is 16.3. The van der Waals surface area contributed by atoms with Gasteiger partial charge in [0.1, 0.15) is 5.75 Å². The first-order valence-corrected chi connectivity index (χ1v) is 9.01. The highest BCUT2D eigenvalue weighted by Crippen LogP contribution is 2.19. The number of carbonyl (C=O) groups excluding carboxylic acids is 2. The molecule has 2 aromatic carbocycles. The summed E-state index contributed by atoms with van der Waals surface area (Å²) in [5.41, 5.74) is 3.56. The Morgan fingerprint density at radius 2 is 1.59 bits per heavy atom. The summed E-state index contributed by atoms with van der Waals surface area (Å²) in [6.45, 7) is 8.11. The zero-order chi connectivity index (χ0) is 19.8. The van der Waals surface area contributed by atoms with E-state index in [4.69, 9.17) is 4.74 Å². The van der Waals surface area contributed by atoms with Crippen LogP contribution >= 0.6 is 0 Å². The standard InChI is InChI=1S/C21H27N3O3/c1-14(2)22-21(26)24-18-8-6-17(7-9-18)23-20(25)11-12-27-19-10-5-15(3)13-16(19)4/h5-10,13-14H,11-12H2,1-4H3,(H,23,25)(H2,22,24,26). The Labute approximate surface area is 160 Å². The van der Waals surface area contributed by atoms with Crippen molar-refractivity contribution >= 4 is 23.3 Å². The van der Waals surface area contributed by atoms with Gasteiger partial charge in [0, 0.05) is 17.4 Å². The molecular formula is C21H27N3O3. The van der Waals surface area contributed by atoms with Gasteiger partial charge in [0.2, 0.25) is 5.91 Å². The van der Waals surface area contributed by atoms with E-state index in [0.717, 1.165) is 11.3 Å². The van der Waals surface area contributed by atoms with E-state index in [0.29, 0.717) is 18.0 Å². The first kappa shape index (κ1) is 20.3. The summed E-state index contributed by atoms with van der Waals surface area (Å²) in [4.78, 5) is 23.7. The Bertz CT molecular complexity index is 786. The van der Waals surface area contributed by atoms with Gasteiger partial charge in [-0.15, -0.1) is 0 Å². The lowest BCUT2D eigenvalue weighted by atomic mass is 10.1. The molecule has 6 heteroatoms. The van der Waals surface area contributed by atoms with Crippen LogP contribution in [-0.2, 0) is 4.79 Å². The molecule has 2 rings (SSSR count). The maximum absolute atomic E-state index is 12.1. The molecule has 0 aliphatic carbocycles. The van der Waals surface area contributed by atoms with Gasteiger partial charge >= 0.3 is 6.03 Å². The number of aryl methyl sites for hydroxylation is 2. The quantitative estimate of drug-likeness (QED) is 0.683. The second-order valence-corrected chi connectivity index (χ2v) is 6.75. The molecular weight excluding hydrogens is 342 g/mol. The molecule has 0 aliphatic rings. The van der Waals surface area contributed by atoms with Crippen LogP contribution in [0.4, 0.5) is 16.2 Å². The molecule has 0 aliphatic heterocycles. The molecule has 0 saturated heterocycles. The van der Waals surface area contributed by atoms with Gasteiger partial charge in [-0.3, -0.25) is 4.79 Å². The third-order valence-electron chi connectivity index (χ3n) is 3.76. The van der Waals surface area contributed by atoms with Crippen LogP contribution in [0.3, 0.4) is 0 Å². The highest BCUT2D eigenvalue weighted by Gasteiger charge is 2.06. The van der Waals surface area contributed by atoms with Crippen LogP contribution in [0.5, 0.6) is 5.75 Å². The molecule has 3 N–H and O–H groups in total. The first-order chi connectivity index (χ1) is 12.8. The van der Waals surface area contributed by atoms with Gasteiger partial charge in [0.25, 0.3) is 0 Å². The van der Waals surface area contributed by atoms with Crippen LogP contribution in [0.25, 0.3) is 0 Å². The Balaban J connectivity index is 1.77. The van der Waals surface area contributed by atoms with E-state index in [1.54, 1.807) is 24.3 Å². The number of benzene rings is 2. The number of anilines is 2. The second kappa shape index (κ2) is 9.62. The molecule has 0 fully saturated rings. The smallest absolute Gasteiger partial charge is 0.319 e. The number of hydrogen-bond donors (Lipinski definition) is 3. The van der Waals surface area contributed by atoms with Crippen molar-refractivity contribution < 1.29 is 14.3 Å². The molecule has 0 unspecified atom stereocenters. The zero-order valence-corrected chi connectivity index (χ0v) is 16.3. The molecule has 3 amide bonds. The van der Waals surface area contributed by atoms with Crippen molar-refractivity contribution in [3.63, 3.8) is 0 Å². The van der Waals surface area contributed by atoms with E-state index in [1.165, 1.54) is 5.56 Å². The topological polar surface area (TPSA) is 79.5 Å². The Morgan fingerprint density at radius 1 is 0.963 bits per heavy atom. The summed E-state index contributed by atoms with van der Waals surface area (Å²) < 4.78 is 5.68. The van der Waals surface area contributed by atoms with Crippen LogP contribution in [0.15, 0.2) is 42.5 Å². The fourth-order valence-electron chi connectivity index (χ4n) is 2.50. The second-order valence-electron chi connectivity index (χ2n) is 6.75. The fraction of sp³-hybridized carbons (Fsp3) is 0.333. The SMILES string of the molecule is Cc1ccc(OCCC(=O)Nc2ccc(NC(=O)NC(C)C)cc2)c(C)c1. The van der Waals surface area contributed by atoms with Crippen LogP contribution in [0.1, 0.15) is 31.4 Å². The highest BCUT2D eigenvalue weighted by molar-refractivity contribution is 5.92. The molecule has 0 saturated carbocycles. The average molecular weight is 369 g/mol. The monoisotopic (exact) mass is 369 g/mol. The van der Waals surface area contributed by atoms with Crippen molar-refractivity contribution in [2.75, 3.05) is 17.2 Å². The van der Waals surface area contributed by atoms with Crippen molar-refractivity contribution in [3.05, 3.63) is 53.6 Å². The van der Waals surface area contributed by atoms with Crippen molar-refractivity contribution in [2.24, 2.45) is 0 Å². The molecule has 0 radical (unpaired) electrons. The molecule has 0 aromatic heterocycles. The summed E-state index contributed by atoms with van der Waals surface area (Å²) in [7, 11) is 0. The minimum Gasteiger partial charge on any atom is -0.493 e. The van der Waals surface area contributed by atoms with Gasteiger partial charge in [-0.25, -0.2) is 4.79 Å². The summed E-state index contributed by atoms with van der Waals surface area (Å²) in [6.07, 6.45) is 0.254. The van der Waals surface area contributed by atoms with Gasteiger partial charge in [-0.2, -0.15) is 0 Å². The summed E-state index contributed by atoms with van der Waals surface area (Å²) in [6, 6.07) is 12.7. The number of carbonyl (C=O) groups is 2. The highest BCUT2D eigenvalue weighted by atomic mass is 16.5. The molecule has 144 valence electrons. The molecule has 27 heavy (non-hydrogen) atoms. The van der Waals surface area contributed by atoms with E-state index >= 15 is 0 Å². The van der Waals surface area contributed by atoms with Crippen LogP contribution in [-0.4, -0.2) is 24.6 Å². The lowest BCUT2D eigenvalue weighted by Crippen LogP contribution is -2.34. The number of rotatable bonds is 7. The lowest BCUT2D eigenvalue weighted by Gasteiger charge is -2.11. The van der Waals surface area contributed by atoms with Crippen molar-refractivity contribution in [2.45, 2.75) is 40.2 Å². The average Bonchev–Trinajstić information content (AvgIpc) is 2.58. The maximum atomic E-state index is 12.1. The molecule has 0 bridgehead atoms. The predicted octanol–water partition coefficient (Wildman–Crippen LogP) is 4.24. The Morgan fingerprint density at radius 3 is 2.19 bits per heavy atom. The van der Waals surface area contributed by atoms with Crippen LogP contribution in [0.2, 0.25) is 0 Å². The normalized spacial score (nSPS) is 10.4. The number of nitrogens with one attached hydrogen (secondary N) is 3. The minimum atomic E-state index is -0.259. The largest absolute Gasteiger partial charge is 0.493 e. The Kier molecular flexibility index (Phi) is 7.23. The molecule has 0 heterocycles. The van der Waals surface area contributed by atoms with E-state index in [2.05, 4.69) is 16.0 Å². The van der Waals surface area contributed by atoms with Crippen molar-refractivity contribution in [1.29, 1.82) is 0 Å². The summed E-state index contributed by atoms with van der Waals surface area (Å²) in [5, 5.41) is 8.30. The van der Waals surface area contributed by atoms with Crippen molar-refractivity contribution in [1.82, 2.24) is 5.32 Å². The van der Waals surface area contributed by atoms with Gasteiger partial charge in [0.05, 0.1) is 13.0 Å². The third kappa shape index (κ3) is 7.01. The molecule has 2 aromatic rings. The minimum absolute atomic E-state index is 0.0643. The number of urea groups is 1.